The first-order valence-electron chi connectivity index (χ1n) is 10.1. The van der Waals surface area contributed by atoms with Crippen LogP contribution in [0, 0.1) is 0 Å². The van der Waals surface area contributed by atoms with Gasteiger partial charge < -0.3 is 24.4 Å². The maximum Gasteiger partial charge on any atom is 0.193 e. The Kier molecular flexibility index (Phi) is 7.22. The van der Waals surface area contributed by atoms with E-state index in [0.717, 1.165) is 48.3 Å². The van der Waals surface area contributed by atoms with E-state index in [2.05, 4.69) is 33.4 Å². The Hall–Kier alpha value is -2.89. The summed E-state index contributed by atoms with van der Waals surface area (Å²) < 4.78 is 16.3. The summed E-state index contributed by atoms with van der Waals surface area (Å²) >= 11 is 0. The molecule has 1 unspecified atom stereocenters. The minimum absolute atomic E-state index is 0.505. The van der Waals surface area contributed by atoms with Crippen molar-refractivity contribution >= 4 is 5.96 Å². The van der Waals surface area contributed by atoms with Crippen molar-refractivity contribution in [3.63, 3.8) is 0 Å². The molecule has 156 valence electrons. The first-order chi connectivity index (χ1) is 14.2. The van der Waals surface area contributed by atoms with Gasteiger partial charge in [-0.1, -0.05) is 18.2 Å². The van der Waals surface area contributed by atoms with Crippen LogP contribution in [-0.2, 0) is 6.54 Å². The lowest BCUT2D eigenvalue weighted by atomic mass is 9.98. The lowest BCUT2D eigenvalue weighted by molar-refractivity contribution is 0.310. The summed E-state index contributed by atoms with van der Waals surface area (Å²) in [7, 11) is 5.20. The van der Waals surface area contributed by atoms with Crippen LogP contribution in [0.2, 0.25) is 0 Å². The highest BCUT2D eigenvalue weighted by Crippen LogP contribution is 2.29. The number of benzene rings is 2. The monoisotopic (exact) mass is 397 g/mol. The number of likely N-dealkylation sites (tertiary alicyclic amines) is 1. The molecule has 1 heterocycles. The van der Waals surface area contributed by atoms with Crippen LogP contribution in [-0.4, -0.2) is 51.8 Å². The summed E-state index contributed by atoms with van der Waals surface area (Å²) in [5, 5.41) is 3.48. The summed E-state index contributed by atoms with van der Waals surface area (Å²) in [6.07, 6.45) is 1.11. The third-order valence-electron chi connectivity index (χ3n) is 5.27. The van der Waals surface area contributed by atoms with Crippen molar-refractivity contribution < 1.29 is 14.2 Å². The zero-order valence-electron chi connectivity index (χ0n) is 17.8. The van der Waals surface area contributed by atoms with Crippen molar-refractivity contribution in [2.75, 3.05) is 41.0 Å². The number of aliphatic imine (C=N–C) groups is 1. The van der Waals surface area contributed by atoms with Gasteiger partial charge in [0, 0.05) is 32.6 Å². The highest BCUT2D eigenvalue weighted by atomic mass is 16.5. The van der Waals surface area contributed by atoms with E-state index in [4.69, 9.17) is 14.2 Å². The fourth-order valence-electron chi connectivity index (χ4n) is 3.71. The number of methoxy groups -OCH3 is 2. The molecule has 0 spiro atoms. The van der Waals surface area contributed by atoms with E-state index in [1.165, 1.54) is 5.56 Å². The molecule has 6 heteroatoms. The summed E-state index contributed by atoms with van der Waals surface area (Å²) in [4.78, 5) is 6.81. The summed E-state index contributed by atoms with van der Waals surface area (Å²) in [5.74, 6) is 3.85. The Labute approximate surface area is 173 Å². The molecule has 0 aromatic heterocycles. The summed E-state index contributed by atoms with van der Waals surface area (Å²) in [6.45, 7) is 5.21. The van der Waals surface area contributed by atoms with Crippen LogP contribution in [0.3, 0.4) is 0 Å². The molecule has 0 aliphatic carbocycles. The van der Waals surface area contributed by atoms with Crippen LogP contribution in [0.15, 0.2) is 47.5 Å². The number of nitrogens with zero attached hydrogens (tertiary/aromatic N) is 2. The van der Waals surface area contributed by atoms with Crippen molar-refractivity contribution in [3.8, 4) is 17.2 Å². The zero-order valence-corrected chi connectivity index (χ0v) is 17.8. The smallest absolute Gasteiger partial charge is 0.193 e. The molecule has 1 N–H and O–H groups in total. The van der Waals surface area contributed by atoms with Crippen molar-refractivity contribution in [1.29, 1.82) is 0 Å². The van der Waals surface area contributed by atoms with E-state index >= 15 is 0 Å². The minimum Gasteiger partial charge on any atom is -0.497 e. The number of hydrogen-bond donors (Lipinski definition) is 1. The van der Waals surface area contributed by atoms with E-state index in [1.807, 2.05) is 38.2 Å². The van der Waals surface area contributed by atoms with Gasteiger partial charge in [0.25, 0.3) is 0 Å². The van der Waals surface area contributed by atoms with Crippen molar-refractivity contribution in [3.05, 3.63) is 53.6 Å². The molecular formula is C23H31N3O3. The van der Waals surface area contributed by atoms with E-state index < -0.39 is 0 Å². The lowest BCUT2D eigenvalue weighted by Crippen LogP contribution is -2.39. The number of guanidine groups is 1. The van der Waals surface area contributed by atoms with Gasteiger partial charge in [0.05, 0.1) is 20.8 Å². The highest BCUT2D eigenvalue weighted by Gasteiger charge is 2.26. The van der Waals surface area contributed by atoms with Gasteiger partial charge in [-0.3, -0.25) is 4.99 Å². The third-order valence-corrected chi connectivity index (χ3v) is 5.27. The fraction of sp³-hybridized carbons (Fsp3) is 0.435. The molecule has 6 nitrogen and oxygen atoms in total. The molecule has 29 heavy (non-hydrogen) atoms. The number of ether oxygens (including phenoxy) is 3. The van der Waals surface area contributed by atoms with Crippen LogP contribution in [0.4, 0.5) is 0 Å². The molecule has 0 saturated carbocycles. The normalized spacial score (nSPS) is 16.6. The van der Waals surface area contributed by atoms with Gasteiger partial charge >= 0.3 is 0 Å². The van der Waals surface area contributed by atoms with Gasteiger partial charge in [-0.2, -0.15) is 0 Å². The Balaban J connectivity index is 1.59. The number of nitrogens with one attached hydrogen (secondary N) is 1. The van der Waals surface area contributed by atoms with E-state index in [-0.39, 0.29) is 0 Å². The average molecular weight is 398 g/mol. The molecule has 1 saturated heterocycles. The summed E-state index contributed by atoms with van der Waals surface area (Å²) in [5.41, 5.74) is 2.47. The molecule has 2 aromatic carbocycles. The topological polar surface area (TPSA) is 55.3 Å². The second-order valence-electron chi connectivity index (χ2n) is 7.02. The Morgan fingerprint density at radius 2 is 1.90 bits per heavy atom. The molecule has 1 atom stereocenters. The largest absolute Gasteiger partial charge is 0.497 e. The van der Waals surface area contributed by atoms with Crippen LogP contribution in [0.5, 0.6) is 17.2 Å². The molecule has 1 fully saturated rings. The van der Waals surface area contributed by atoms with Gasteiger partial charge in [-0.25, -0.2) is 0 Å². The van der Waals surface area contributed by atoms with Crippen molar-refractivity contribution in [2.45, 2.75) is 25.8 Å². The SMILES string of the molecule is CCOc1ccc(CNC(=NC)N2CCC(c3ccc(OC)cc3)C2)cc1OC. The van der Waals surface area contributed by atoms with E-state index in [1.54, 1.807) is 14.2 Å². The molecule has 1 aliphatic rings. The van der Waals surface area contributed by atoms with Gasteiger partial charge in [0.1, 0.15) is 5.75 Å². The quantitative estimate of drug-likeness (QED) is 0.571. The van der Waals surface area contributed by atoms with E-state index in [9.17, 15) is 0 Å². The molecule has 0 radical (unpaired) electrons. The van der Waals surface area contributed by atoms with Crippen molar-refractivity contribution in [1.82, 2.24) is 10.2 Å². The predicted octanol–water partition coefficient (Wildman–Crippen LogP) is 3.67. The Bertz CT molecular complexity index is 821. The molecule has 2 aromatic rings. The first-order valence-corrected chi connectivity index (χ1v) is 10.1. The van der Waals surface area contributed by atoms with Crippen LogP contribution >= 0.6 is 0 Å². The molecule has 0 amide bonds. The lowest BCUT2D eigenvalue weighted by Gasteiger charge is -2.22. The van der Waals surface area contributed by atoms with Gasteiger partial charge in [0.15, 0.2) is 17.5 Å². The van der Waals surface area contributed by atoms with Crippen molar-refractivity contribution in [2.24, 2.45) is 4.99 Å². The second-order valence-corrected chi connectivity index (χ2v) is 7.02. The molecule has 0 bridgehead atoms. The maximum atomic E-state index is 5.59. The minimum atomic E-state index is 0.505. The molecule has 3 rings (SSSR count). The van der Waals surface area contributed by atoms with Gasteiger partial charge in [-0.05, 0) is 48.7 Å². The molecular weight excluding hydrogens is 366 g/mol. The maximum absolute atomic E-state index is 5.59. The van der Waals surface area contributed by atoms with Crippen LogP contribution in [0.1, 0.15) is 30.4 Å². The highest BCUT2D eigenvalue weighted by molar-refractivity contribution is 5.80. The average Bonchev–Trinajstić information content (AvgIpc) is 3.25. The Morgan fingerprint density at radius 3 is 2.55 bits per heavy atom. The molecule has 1 aliphatic heterocycles. The third kappa shape index (κ3) is 5.13. The summed E-state index contributed by atoms with van der Waals surface area (Å²) in [6, 6.07) is 14.4. The number of rotatable bonds is 7. The Morgan fingerprint density at radius 1 is 1.10 bits per heavy atom. The van der Waals surface area contributed by atoms with Crippen LogP contribution < -0.4 is 19.5 Å². The first kappa shape index (κ1) is 20.8. The van der Waals surface area contributed by atoms with Gasteiger partial charge in [-0.15, -0.1) is 0 Å². The van der Waals surface area contributed by atoms with Gasteiger partial charge in [0.2, 0.25) is 0 Å². The number of hydrogen-bond acceptors (Lipinski definition) is 4. The zero-order chi connectivity index (χ0) is 20.6. The standard InChI is InChI=1S/C23H31N3O3/c1-5-29-21-11-6-17(14-22(21)28-4)15-25-23(24-2)26-13-12-19(16-26)18-7-9-20(27-3)10-8-18/h6-11,14,19H,5,12-13,15-16H2,1-4H3,(H,24,25). The van der Waals surface area contributed by atoms with E-state index in [0.29, 0.717) is 19.1 Å². The van der Waals surface area contributed by atoms with Crippen LogP contribution in [0.25, 0.3) is 0 Å². The fourth-order valence-corrected chi connectivity index (χ4v) is 3.71. The predicted molar refractivity (Wildman–Crippen MR) is 116 cm³/mol. The second kappa shape index (κ2) is 10.0.